The summed E-state index contributed by atoms with van der Waals surface area (Å²) in [4.78, 5) is 6.57. The summed E-state index contributed by atoms with van der Waals surface area (Å²) >= 11 is 1.66. The van der Waals surface area contributed by atoms with Gasteiger partial charge in [-0.05, 0) is 25.2 Å². The van der Waals surface area contributed by atoms with E-state index in [1.807, 2.05) is 18.4 Å². The standard InChI is InChI=1S/C14H22N4O2S/c1-20-12-11(4-3-7-16-12)10-18-8-5-14(21-2,6-9-18)13(15)17-19/h3-4,7,19H,5-6,8-10H2,1-2H3,(H2,15,17). The van der Waals surface area contributed by atoms with Crippen LogP contribution in [0.25, 0.3) is 0 Å². The molecular formula is C14H22N4O2S. The Labute approximate surface area is 129 Å². The lowest BCUT2D eigenvalue weighted by molar-refractivity contribution is 0.206. The first-order valence-electron chi connectivity index (χ1n) is 6.88. The predicted molar refractivity (Wildman–Crippen MR) is 85.0 cm³/mol. The summed E-state index contributed by atoms with van der Waals surface area (Å²) in [5.74, 6) is 1.00. The Bertz CT molecular complexity index is 502. The van der Waals surface area contributed by atoms with E-state index in [1.54, 1.807) is 25.1 Å². The third-order valence-corrected chi connectivity index (χ3v) is 5.47. The number of hydrogen-bond acceptors (Lipinski definition) is 6. The van der Waals surface area contributed by atoms with Gasteiger partial charge in [0.1, 0.15) is 0 Å². The molecule has 0 amide bonds. The van der Waals surface area contributed by atoms with Crippen LogP contribution in [0.3, 0.4) is 0 Å². The van der Waals surface area contributed by atoms with E-state index in [0.29, 0.717) is 11.7 Å². The second kappa shape index (κ2) is 7.00. The van der Waals surface area contributed by atoms with E-state index in [-0.39, 0.29) is 4.75 Å². The molecule has 21 heavy (non-hydrogen) atoms. The number of pyridine rings is 1. The number of likely N-dealkylation sites (tertiary alicyclic amines) is 1. The molecule has 3 N–H and O–H groups in total. The fourth-order valence-corrected chi connectivity index (χ4v) is 3.54. The van der Waals surface area contributed by atoms with Crippen LogP contribution in [0.4, 0.5) is 0 Å². The van der Waals surface area contributed by atoms with Crippen LogP contribution in [0.15, 0.2) is 23.5 Å². The molecule has 1 aliphatic heterocycles. The van der Waals surface area contributed by atoms with Gasteiger partial charge in [0.05, 0.1) is 11.9 Å². The van der Waals surface area contributed by atoms with Crippen LogP contribution in [0.1, 0.15) is 18.4 Å². The largest absolute Gasteiger partial charge is 0.481 e. The molecule has 0 unspecified atom stereocenters. The van der Waals surface area contributed by atoms with Crippen molar-refractivity contribution in [1.29, 1.82) is 0 Å². The fraction of sp³-hybridized carbons (Fsp3) is 0.571. The van der Waals surface area contributed by atoms with Gasteiger partial charge in [-0.2, -0.15) is 11.8 Å². The molecule has 0 aromatic carbocycles. The molecule has 2 rings (SSSR count). The molecule has 0 saturated carbocycles. The Kier molecular flexibility index (Phi) is 5.30. The number of ether oxygens (including phenoxy) is 1. The molecule has 1 aromatic rings. The highest BCUT2D eigenvalue weighted by atomic mass is 32.2. The molecule has 1 saturated heterocycles. The smallest absolute Gasteiger partial charge is 0.217 e. The first-order valence-corrected chi connectivity index (χ1v) is 8.11. The molecule has 0 bridgehead atoms. The summed E-state index contributed by atoms with van der Waals surface area (Å²) in [6.45, 7) is 2.60. The average molecular weight is 310 g/mol. The molecule has 116 valence electrons. The zero-order valence-electron chi connectivity index (χ0n) is 12.5. The van der Waals surface area contributed by atoms with E-state index >= 15 is 0 Å². The van der Waals surface area contributed by atoms with Gasteiger partial charge in [0.25, 0.3) is 0 Å². The van der Waals surface area contributed by atoms with E-state index < -0.39 is 0 Å². The summed E-state index contributed by atoms with van der Waals surface area (Å²) in [6.07, 6.45) is 5.48. The molecule has 1 aliphatic rings. The number of nitrogens with two attached hydrogens (primary N) is 1. The molecule has 0 spiro atoms. The summed E-state index contributed by atoms with van der Waals surface area (Å²) in [6, 6.07) is 3.95. The Morgan fingerprint density at radius 3 is 2.86 bits per heavy atom. The molecule has 6 nitrogen and oxygen atoms in total. The van der Waals surface area contributed by atoms with E-state index in [4.69, 9.17) is 15.7 Å². The average Bonchev–Trinajstić information content (AvgIpc) is 2.55. The van der Waals surface area contributed by atoms with Crippen LogP contribution in [-0.4, -0.2) is 52.1 Å². The molecule has 1 aromatic heterocycles. The molecule has 7 heteroatoms. The fourth-order valence-electron chi connectivity index (χ4n) is 2.70. The monoisotopic (exact) mass is 310 g/mol. The molecular weight excluding hydrogens is 288 g/mol. The predicted octanol–water partition coefficient (Wildman–Crippen LogP) is 1.53. The highest BCUT2D eigenvalue weighted by Crippen LogP contribution is 2.35. The van der Waals surface area contributed by atoms with Crippen molar-refractivity contribution in [1.82, 2.24) is 9.88 Å². The molecule has 2 heterocycles. The minimum Gasteiger partial charge on any atom is -0.481 e. The Balaban J connectivity index is 2.01. The third-order valence-electron chi connectivity index (χ3n) is 4.07. The summed E-state index contributed by atoms with van der Waals surface area (Å²) in [5.41, 5.74) is 6.95. The van der Waals surface area contributed by atoms with Crippen molar-refractivity contribution in [3.8, 4) is 5.88 Å². The molecule has 0 aliphatic carbocycles. The first kappa shape index (κ1) is 15.9. The van der Waals surface area contributed by atoms with Crippen molar-refractivity contribution >= 4 is 17.6 Å². The number of thioether (sulfide) groups is 1. The van der Waals surface area contributed by atoms with Gasteiger partial charge in [0.2, 0.25) is 5.88 Å². The van der Waals surface area contributed by atoms with Crippen molar-refractivity contribution in [3.63, 3.8) is 0 Å². The Hall–Kier alpha value is -1.47. The quantitative estimate of drug-likeness (QED) is 0.371. The van der Waals surface area contributed by atoms with Gasteiger partial charge >= 0.3 is 0 Å². The van der Waals surface area contributed by atoms with Crippen molar-refractivity contribution < 1.29 is 9.94 Å². The van der Waals surface area contributed by atoms with Gasteiger partial charge < -0.3 is 15.7 Å². The van der Waals surface area contributed by atoms with Crippen LogP contribution in [-0.2, 0) is 6.54 Å². The lowest BCUT2D eigenvalue weighted by atomic mass is 9.94. The zero-order valence-corrected chi connectivity index (χ0v) is 13.3. The number of methoxy groups -OCH3 is 1. The summed E-state index contributed by atoms with van der Waals surface area (Å²) < 4.78 is 5.04. The molecule has 0 radical (unpaired) electrons. The number of aromatic nitrogens is 1. The Morgan fingerprint density at radius 2 is 2.29 bits per heavy atom. The number of amidine groups is 1. The lowest BCUT2D eigenvalue weighted by Gasteiger charge is -2.39. The SMILES string of the molecule is COc1ncccc1CN1CCC(SC)(/C(N)=N/O)CC1. The number of hydrogen-bond donors (Lipinski definition) is 2. The summed E-state index contributed by atoms with van der Waals surface area (Å²) in [7, 11) is 1.64. The van der Waals surface area contributed by atoms with Gasteiger partial charge in [-0.25, -0.2) is 4.98 Å². The minimum absolute atomic E-state index is 0.246. The van der Waals surface area contributed by atoms with Crippen LogP contribution in [0.5, 0.6) is 5.88 Å². The highest BCUT2D eigenvalue weighted by molar-refractivity contribution is 8.00. The maximum absolute atomic E-state index is 8.96. The topological polar surface area (TPSA) is 84.0 Å². The van der Waals surface area contributed by atoms with Gasteiger partial charge in [-0.1, -0.05) is 11.2 Å². The van der Waals surface area contributed by atoms with Crippen LogP contribution in [0, 0.1) is 0 Å². The second-order valence-corrected chi connectivity index (χ2v) is 6.32. The van der Waals surface area contributed by atoms with Crippen LogP contribution >= 0.6 is 11.8 Å². The molecule has 1 fully saturated rings. The van der Waals surface area contributed by atoms with Crippen LogP contribution in [0.2, 0.25) is 0 Å². The second-order valence-electron chi connectivity index (χ2n) is 5.13. The maximum atomic E-state index is 8.96. The van der Waals surface area contributed by atoms with Crippen molar-refractivity contribution in [2.75, 3.05) is 26.5 Å². The third kappa shape index (κ3) is 3.41. The normalized spacial score (nSPS) is 19.4. The van der Waals surface area contributed by atoms with E-state index in [9.17, 15) is 0 Å². The van der Waals surface area contributed by atoms with Gasteiger partial charge in [0.15, 0.2) is 5.84 Å². The van der Waals surface area contributed by atoms with Crippen molar-refractivity contribution in [3.05, 3.63) is 23.9 Å². The highest BCUT2D eigenvalue weighted by Gasteiger charge is 2.38. The van der Waals surface area contributed by atoms with Crippen LogP contribution < -0.4 is 10.5 Å². The number of piperidine rings is 1. The van der Waals surface area contributed by atoms with E-state index in [2.05, 4.69) is 15.0 Å². The molecule has 0 atom stereocenters. The zero-order chi connectivity index (χ0) is 15.3. The maximum Gasteiger partial charge on any atom is 0.217 e. The van der Waals surface area contributed by atoms with Gasteiger partial charge in [0, 0.05) is 31.4 Å². The first-order chi connectivity index (χ1) is 10.1. The van der Waals surface area contributed by atoms with Crippen molar-refractivity contribution in [2.24, 2.45) is 10.9 Å². The number of nitrogens with zero attached hydrogens (tertiary/aromatic N) is 3. The number of oxime groups is 1. The van der Waals surface area contributed by atoms with Gasteiger partial charge in [-0.15, -0.1) is 0 Å². The minimum atomic E-state index is -0.246. The van der Waals surface area contributed by atoms with E-state index in [0.717, 1.165) is 38.0 Å². The van der Waals surface area contributed by atoms with Crippen molar-refractivity contribution in [2.45, 2.75) is 24.1 Å². The Morgan fingerprint density at radius 1 is 1.57 bits per heavy atom. The van der Waals surface area contributed by atoms with Gasteiger partial charge in [-0.3, -0.25) is 4.90 Å². The number of rotatable bonds is 5. The van der Waals surface area contributed by atoms with E-state index in [1.165, 1.54) is 0 Å². The lowest BCUT2D eigenvalue weighted by Crippen LogP contribution is -2.49. The summed E-state index contributed by atoms with van der Waals surface area (Å²) in [5, 5.41) is 12.2.